The van der Waals surface area contributed by atoms with Gasteiger partial charge < -0.3 is 14.8 Å². The number of nitrogens with one attached hydrogen (secondary N) is 2. The summed E-state index contributed by atoms with van der Waals surface area (Å²) in [6.07, 6.45) is 12.2. The highest BCUT2D eigenvalue weighted by atomic mass is 35.5. The Bertz CT molecular complexity index is 1820. The van der Waals surface area contributed by atoms with Crippen molar-refractivity contribution in [3.8, 4) is 40.5 Å². The van der Waals surface area contributed by atoms with Crippen molar-refractivity contribution < 1.29 is 14.3 Å². The Labute approximate surface area is 268 Å². The molecule has 14 nitrogen and oxygen atoms in total. The minimum atomic E-state index is -0.231. The molecular formula is C31H28ClN11O3. The van der Waals surface area contributed by atoms with Crippen molar-refractivity contribution in [3.05, 3.63) is 78.1 Å². The lowest BCUT2D eigenvalue weighted by Crippen LogP contribution is -2.46. The fourth-order valence-corrected chi connectivity index (χ4v) is 5.39. The molecule has 1 amide bonds. The van der Waals surface area contributed by atoms with E-state index >= 15 is 0 Å². The zero-order chi connectivity index (χ0) is 31.9. The molecule has 1 fully saturated rings. The topological polar surface area (TPSA) is 181 Å². The Kier molecular flexibility index (Phi) is 9.21. The molecule has 0 spiro atoms. The minimum Gasteiger partial charge on any atom is -0.484 e. The summed E-state index contributed by atoms with van der Waals surface area (Å²) in [7, 11) is 1.50. The van der Waals surface area contributed by atoms with Gasteiger partial charge in [0.1, 0.15) is 23.2 Å². The number of carbonyl (C=O) groups is 1. The second-order valence-corrected chi connectivity index (χ2v) is 10.8. The quantitative estimate of drug-likeness (QED) is 0.219. The van der Waals surface area contributed by atoms with Crippen molar-refractivity contribution in [1.29, 1.82) is 5.26 Å². The number of para-hydroxylation sites is 1. The standard InChI is InChI=1S/C31H28ClN11O3/c1-45-31-37-13-20(14-38-31)25-16-35-26(17-34-25)43(27(44)18-46-23-5-3-2-4-6-23)22-9-7-21(8-10-22)40-30-36-12-19(11-33)28(41-30)29-24(32)15-39-42-29/h2-6,12-17,21-22H,7-10,18H2,1H3,(H,39,42)(H,36,40,41)/t21-,22-. The molecule has 0 atom stereocenters. The zero-order valence-corrected chi connectivity index (χ0v) is 25.4. The van der Waals surface area contributed by atoms with Gasteiger partial charge in [-0.1, -0.05) is 29.8 Å². The van der Waals surface area contributed by atoms with E-state index in [2.05, 4.69) is 51.5 Å². The number of H-pyrrole nitrogens is 1. The van der Waals surface area contributed by atoms with Crippen LogP contribution in [0.4, 0.5) is 11.8 Å². The van der Waals surface area contributed by atoms with Gasteiger partial charge in [0, 0.05) is 36.2 Å². The first-order valence-corrected chi connectivity index (χ1v) is 14.8. The largest absolute Gasteiger partial charge is 0.484 e. The highest BCUT2D eigenvalue weighted by Crippen LogP contribution is 2.30. The summed E-state index contributed by atoms with van der Waals surface area (Å²) in [6, 6.07) is 11.4. The van der Waals surface area contributed by atoms with E-state index in [0.717, 1.165) is 12.8 Å². The maximum Gasteiger partial charge on any atom is 0.316 e. The number of halogens is 1. The van der Waals surface area contributed by atoms with Crippen LogP contribution in [0.3, 0.4) is 0 Å². The van der Waals surface area contributed by atoms with E-state index in [-0.39, 0.29) is 36.2 Å². The molecule has 0 saturated heterocycles. The van der Waals surface area contributed by atoms with Gasteiger partial charge in [0.25, 0.3) is 5.91 Å². The van der Waals surface area contributed by atoms with Crippen LogP contribution in [0.15, 0.2) is 67.5 Å². The van der Waals surface area contributed by atoms with E-state index in [4.69, 9.17) is 21.1 Å². The summed E-state index contributed by atoms with van der Waals surface area (Å²) in [6.45, 7) is -0.157. The third kappa shape index (κ3) is 6.84. The molecule has 1 saturated carbocycles. The first-order valence-electron chi connectivity index (χ1n) is 14.4. The van der Waals surface area contributed by atoms with Gasteiger partial charge in [0.05, 0.1) is 42.0 Å². The van der Waals surface area contributed by atoms with Crippen LogP contribution in [0.1, 0.15) is 31.2 Å². The molecule has 232 valence electrons. The molecule has 1 aromatic carbocycles. The number of aromatic amines is 1. The number of aromatic nitrogens is 8. The summed E-state index contributed by atoms with van der Waals surface area (Å²) in [5.41, 5.74) is 2.22. The van der Waals surface area contributed by atoms with Gasteiger partial charge in [0.2, 0.25) is 5.95 Å². The molecule has 2 N–H and O–H groups in total. The molecule has 15 heteroatoms. The molecule has 0 unspecified atom stereocenters. The number of anilines is 2. The number of nitriles is 1. The molecule has 0 bridgehead atoms. The molecule has 5 aromatic rings. The number of rotatable bonds is 10. The Morgan fingerprint density at radius 3 is 2.46 bits per heavy atom. The number of amides is 1. The summed E-state index contributed by atoms with van der Waals surface area (Å²) >= 11 is 6.23. The van der Waals surface area contributed by atoms with Crippen molar-refractivity contribution in [2.75, 3.05) is 23.9 Å². The summed E-state index contributed by atoms with van der Waals surface area (Å²) < 4.78 is 10.8. The van der Waals surface area contributed by atoms with E-state index in [1.165, 1.54) is 19.5 Å². The average molecular weight is 638 g/mol. The number of nitrogens with zero attached hydrogens (tertiary/aromatic N) is 9. The lowest BCUT2D eigenvalue weighted by atomic mass is 9.90. The molecule has 4 aromatic heterocycles. The maximum absolute atomic E-state index is 13.7. The van der Waals surface area contributed by atoms with E-state index in [0.29, 0.717) is 58.0 Å². The lowest BCUT2D eigenvalue weighted by Gasteiger charge is -2.36. The molecule has 0 radical (unpaired) electrons. The number of methoxy groups -OCH3 is 1. The van der Waals surface area contributed by atoms with Gasteiger partial charge >= 0.3 is 6.01 Å². The van der Waals surface area contributed by atoms with Crippen LogP contribution >= 0.6 is 11.6 Å². The molecule has 1 aliphatic rings. The lowest BCUT2D eigenvalue weighted by molar-refractivity contribution is -0.121. The smallest absolute Gasteiger partial charge is 0.316 e. The predicted molar refractivity (Wildman–Crippen MR) is 168 cm³/mol. The first-order chi connectivity index (χ1) is 22.5. The maximum atomic E-state index is 13.7. The fraction of sp³-hybridized carbons (Fsp3) is 0.258. The van der Waals surface area contributed by atoms with Crippen molar-refractivity contribution in [2.24, 2.45) is 0 Å². The van der Waals surface area contributed by atoms with Gasteiger partial charge in [-0.25, -0.2) is 24.9 Å². The van der Waals surface area contributed by atoms with Crippen LogP contribution in [-0.2, 0) is 4.79 Å². The number of hydrogen-bond acceptors (Lipinski definition) is 12. The number of carbonyl (C=O) groups excluding carboxylic acids is 1. The van der Waals surface area contributed by atoms with Gasteiger partial charge in [-0.2, -0.15) is 10.4 Å². The highest BCUT2D eigenvalue weighted by Gasteiger charge is 2.32. The Balaban J connectivity index is 1.17. The molecule has 4 heterocycles. The van der Waals surface area contributed by atoms with E-state index in [1.807, 2.05) is 18.2 Å². The molecule has 6 rings (SSSR count). The molecule has 1 aliphatic carbocycles. The van der Waals surface area contributed by atoms with Gasteiger partial charge in [0.15, 0.2) is 12.4 Å². The number of hydrogen-bond donors (Lipinski definition) is 2. The SMILES string of the molecule is COc1ncc(-c2cnc(N(C(=O)COc3ccccc3)[C@H]3CC[C@H](Nc4ncc(C#N)c(-c5n[nH]cc5Cl)n4)CC3)cn2)cn1. The van der Waals surface area contributed by atoms with E-state index in [9.17, 15) is 10.1 Å². The molecule has 0 aliphatic heterocycles. The monoisotopic (exact) mass is 637 g/mol. The second-order valence-electron chi connectivity index (χ2n) is 10.4. The Morgan fingerprint density at radius 2 is 1.80 bits per heavy atom. The second kappa shape index (κ2) is 14.0. The van der Waals surface area contributed by atoms with E-state index in [1.54, 1.807) is 41.8 Å². The summed E-state index contributed by atoms with van der Waals surface area (Å²) in [5.74, 6) is 1.16. The first kappa shape index (κ1) is 30.4. The van der Waals surface area contributed by atoms with Gasteiger partial charge in [-0.3, -0.25) is 19.8 Å². The number of benzene rings is 1. The van der Waals surface area contributed by atoms with Crippen LogP contribution in [0.2, 0.25) is 5.02 Å². The average Bonchev–Trinajstić information content (AvgIpc) is 3.54. The Morgan fingerprint density at radius 1 is 1.02 bits per heavy atom. The number of ether oxygens (including phenoxy) is 2. The van der Waals surface area contributed by atoms with Crippen molar-refractivity contribution >= 4 is 29.3 Å². The minimum absolute atomic E-state index is 0.0349. The van der Waals surface area contributed by atoms with Crippen LogP contribution in [0, 0.1) is 11.3 Å². The predicted octanol–water partition coefficient (Wildman–Crippen LogP) is 4.48. The van der Waals surface area contributed by atoms with Crippen LogP contribution in [0.25, 0.3) is 22.6 Å². The third-order valence-electron chi connectivity index (χ3n) is 7.49. The molecule has 46 heavy (non-hydrogen) atoms. The summed E-state index contributed by atoms with van der Waals surface area (Å²) in [4.78, 5) is 41.6. The summed E-state index contributed by atoms with van der Waals surface area (Å²) in [5, 5.41) is 20.1. The normalized spacial score (nSPS) is 15.8. The Hall–Kier alpha value is -5.68. The van der Waals surface area contributed by atoms with Crippen molar-refractivity contribution in [1.82, 2.24) is 40.1 Å². The van der Waals surface area contributed by atoms with Crippen LogP contribution < -0.4 is 19.7 Å². The zero-order valence-electron chi connectivity index (χ0n) is 24.7. The molecular weight excluding hydrogens is 610 g/mol. The van der Waals surface area contributed by atoms with Gasteiger partial charge in [-0.15, -0.1) is 0 Å². The van der Waals surface area contributed by atoms with E-state index < -0.39 is 0 Å². The van der Waals surface area contributed by atoms with Crippen molar-refractivity contribution in [3.63, 3.8) is 0 Å². The fourth-order valence-electron chi connectivity index (χ4n) is 5.21. The van der Waals surface area contributed by atoms with Crippen LogP contribution in [-0.4, -0.2) is 71.8 Å². The highest BCUT2D eigenvalue weighted by molar-refractivity contribution is 6.32. The van der Waals surface area contributed by atoms with Crippen LogP contribution in [0.5, 0.6) is 11.8 Å². The van der Waals surface area contributed by atoms with Gasteiger partial charge in [-0.05, 0) is 37.8 Å². The third-order valence-corrected chi connectivity index (χ3v) is 7.78. The van der Waals surface area contributed by atoms with Crippen molar-refractivity contribution in [2.45, 2.75) is 37.8 Å².